The molecule has 1 unspecified atom stereocenters. The summed E-state index contributed by atoms with van der Waals surface area (Å²) in [6, 6.07) is 15.1. The van der Waals surface area contributed by atoms with Crippen LogP contribution in [0, 0.1) is 0 Å². The lowest BCUT2D eigenvalue weighted by Crippen LogP contribution is -2.21. The summed E-state index contributed by atoms with van der Waals surface area (Å²) in [6.45, 7) is 7.01. The van der Waals surface area contributed by atoms with Crippen LogP contribution in [-0.2, 0) is 4.79 Å². The average molecular weight is 356 g/mol. The summed E-state index contributed by atoms with van der Waals surface area (Å²) in [4.78, 5) is 12.2. The molecule has 2 aromatic carbocycles. The zero-order chi connectivity index (χ0) is 18.8. The van der Waals surface area contributed by atoms with Crippen LogP contribution in [-0.4, -0.2) is 25.2 Å². The summed E-state index contributed by atoms with van der Waals surface area (Å²) in [7, 11) is 0. The van der Waals surface area contributed by atoms with E-state index < -0.39 is 0 Å². The molecule has 0 saturated carbocycles. The minimum atomic E-state index is -0.120. The van der Waals surface area contributed by atoms with Crippen LogP contribution in [0.2, 0.25) is 0 Å². The van der Waals surface area contributed by atoms with Crippen LogP contribution in [0.15, 0.2) is 48.5 Å². The normalized spacial score (nSPS) is 11.5. The van der Waals surface area contributed by atoms with E-state index in [2.05, 4.69) is 24.5 Å². The van der Waals surface area contributed by atoms with Crippen molar-refractivity contribution in [3.05, 3.63) is 48.5 Å². The van der Waals surface area contributed by atoms with Crippen molar-refractivity contribution >= 4 is 17.3 Å². The molecule has 0 spiro atoms. The van der Waals surface area contributed by atoms with E-state index in [1.165, 1.54) is 0 Å². The number of benzene rings is 2. The first-order valence-corrected chi connectivity index (χ1v) is 9.14. The fraction of sp³-hybridized carbons (Fsp3) is 0.381. The summed E-state index contributed by atoms with van der Waals surface area (Å²) >= 11 is 0. The molecule has 2 aromatic rings. The van der Waals surface area contributed by atoms with E-state index in [1.807, 2.05) is 55.5 Å². The first-order chi connectivity index (χ1) is 12.6. The quantitative estimate of drug-likeness (QED) is 0.648. The second kappa shape index (κ2) is 10.3. The molecule has 140 valence electrons. The fourth-order valence-electron chi connectivity index (χ4n) is 2.27. The van der Waals surface area contributed by atoms with Gasteiger partial charge in [0.2, 0.25) is 5.91 Å². The van der Waals surface area contributed by atoms with Gasteiger partial charge in [0.25, 0.3) is 0 Å². The van der Waals surface area contributed by atoms with E-state index in [0.717, 1.165) is 35.7 Å². The second-order valence-corrected chi connectivity index (χ2v) is 6.14. The van der Waals surface area contributed by atoms with Crippen LogP contribution >= 0.6 is 0 Å². The molecule has 5 heteroatoms. The molecule has 1 amide bonds. The van der Waals surface area contributed by atoms with Gasteiger partial charge in [-0.25, -0.2) is 0 Å². The van der Waals surface area contributed by atoms with Gasteiger partial charge in [-0.15, -0.1) is 0 Å². The Morgan fingerprint density at radius 2 is 1.73 bits per heavy atom. The predicted molar refractivity (Wildman–Crippen MR) is 106 cm³/mol. The molecule has 0 saturated heterocycles. The Morgan fingerprint density at radius 3 is 2.46 bits per heavy atom. The van der Waals surface area contributed by atoms with Crippen LogP contribution in [0.25, 0.3) is 0 Å². The SMILES string of the molecule is CCCOc1cccc(NCC(=O)Nc2cccc(OC(C)CC)c2)c1. The van der Waals surface area contributed by atoms with Crippen molar-refractivity contribution in [1.29, 1.82) is 0 Å². The summed E-state index contributed by atoms with van der Waals surface area (Å²) in [5, 5.41) is 5.99. The van der Waals surface area contributed by atoms with Crippen LogP contribution in [0.3, 0.4) is 0 Å². The molecule has 0 radical (unpaired) electrons. The van der Waals surface area contributed by atoms with Gasteiger partial charge in [-0.1, -0.05) is 26.0 Å². The Hall–Kier alpha value is -2.69. The first kappa shape index (κ1) is 19.6. The number of ether oxygens (including phenoxy) is 2. The van der Waals surface area contributed by atoms with Crippen molar-refractivity contribution in [1.82, 2.24) is 0 Å². The summed E-state index contributed by atoms with van der Waals surface area (Å²) in [5.74, 6) is 1.43. The highest BCUT2D eigenvalue weighted by Crippen LogP contribution is 2.20. The van der Waals surface area contributed by atoms with Crippen molar-refractivity contribution in [3.8, 4) is 11.5 Å². The molecule has 5 nitrogen and oxygen atoms in total. The van der Waals surface area contributed by atoms with Gasteiger partial charge in [-0.05, 0) is 44.0 Å². The fourth-order valence-corrected chi connectivity index (χ4v) is 2.27. The molecule has 0 aliphatic rings. The van der Waals surface area contributed by atoms with Crippen LogP contribution < -0.4 is 20.1 Å². The van der Waals surface area contributed by atoms with Gasteiger partial charge in [0.05, 0.1) is 19.3 Å². The molecule has 0 fully saturated rings. The van der Waals surface area contributed by atoms with Crippen molar-refractivity contribution in [3.63, 3.8) is 0 Å². The van der Waals surface area contributed by atoms with Crippen molar-refractivity contribution < 1.29 is 14.3 Å². The molecule has 0 heterocycles. The summed E-state index contributed by atoms with van der Waals surface area (Å²) in [6.07, 6.45) is 2.03. The summed E-state index contributed by atoms with van der Waals surface area (Å²) < 4.78 is 11.4. The highest BCUT2D eigenvalue weighted by Gasteiger charge is 2.06. The highest BCUT2D eigenvalue weighted by atomic mass is 16.5. The van der Waals surface area contributed by atoms with Gasteiger partial charge in [0.1, 0.15) is 11.5 Å². The van der Waals surface area contributed by atoms with E-state index in [-0.39, 0.29) is 18.6 Å². The van der Waals surface area contributed by atoms with Gasteiger partial charge in [0.15, 0.2) is 0 Å². The maximum absolute atomic E-state index is 12.2. The molecule has 0 bridgehead atoms. The van der Waals surface area contributed by atoms with E-state index in [0.29, 0.717) is 6.61 Å². The van der Waals surface area contributed by atoms with E-state index in [1.54, 1.807) is 0 Å². The van der Waals surface area contributed by atoms with Crippen molar-refractivity contribution in [2.45, 2.75) is 39.7 Å². The topological polar surface area (TPSA) is 59.6 Å². The number of carbonyl (C=O) groups is 1. The third kappa shape index (κ3) is 6.67. The molecule has 1 atom stereocenters. The second-order valence-electron chi connectivity index (χ2n) is 6.14. The zero-order valence-electron chi connectivity index (χ0n) is 15.7. The lowest BCUT2D eigenvalue weighted by atomic mass is 10.2. The van der Waals surface area contributed by atoms with Gasteiger partial charge < -0.3 is 20.1 Å². The van der Waals surface area contributed by atoms with Gasteiger partial charge in [0, 0.05) is 23.5 Å². The largest absolute Gasteiger partial charge is 0.494 e. The van der Waals surface area contributed by atoms with E-state index in [9.17, 15) is 4.79 Å². The Kier molecular flexibility index (Phi) is 7.80. The number of carbonyl (C=O) groups excluding carboxylic acids is 1. The van der Waals surface area contributed by atoms with Crippen LogP contribution in [0.4, 0.5) is 11.4 Å². The van der Waals surface area contributed by atoms with Gasteiger partial charge in [-0.2, -0.15) is 0 Å². The monoisotopic (exact) mass is 356 g/mol. The number of hydrogen-bond acceptors (Lipinski definition) is 4. The van der Waals surface area contributed by atoms with Gasteiger partial charge in [-0.3, -0.25) is 4.79 Å². The third-order valence-electron chi connectivity index (χ3n) is 3.79. The maximum Gasteiger partial charge on any atom is 0.243 e. The molecule has 0 aliphatic carbocycles. The minimum Gasteiger partial charge on any atom is -0.494 e. The van der Waals surface area contributed by atoms with Crippen LogP contribution in [0.1, 0.15) is 33.6 Å². The van der Waals surface area contributed by atoms with Crippen molar-refractivity contribution in [2.24, 2.45) is 0 Å². The first-order valence-electron chi connectivity index (χ1n) is 9.14. The lowest BCUT2D eigenvalue weighted by molar-refractivity contribution is -0.114. The lowest BCUT2D eigenvalue weighted by Gasteiger charge is -2.14. The smallest absolute Gasteiger partial charge is 0.243 e. The molecule has 0 aromatic heterocycles. The Morgan fingerprint density at radius 1 is 1.04 bits per heavy atom. The third-order valence-corrected chi connectivity index (χ3v) is 3.79. The highest BCUT2D eigenvalue weighted by molar-refractivity contribution is 5.93. The number of rotatable bonds is 10. The molecule has 2 rings (SSSR count). The molecule has 26 heavy (non-hydrogen) atoms. The average Bonchev–Trinajstić information content (AvgIpc) is 2.65. The predicted octanol–water partition coefficient (Wildman–Crippen LogP) is 4.70. The Bertz CT molecular complexity index is 703. The summed E-state index contributed by atoms with van der Waals surface area (Å²) in [5.41, 5.74) is 1.57. The molecular formula is C21H28N2O3. The zero-order valence-corrected chi connectivity index (χ0v) is 15.7. The maximum atomic E-state index is 12.2. The van der Waals surface area contributed by atoms with E-state index >= 15 is 0 Å². The number of nitrogens with one attached hydrogen (secondary N) is 2. The number of amides is 1. The Labute approximate surface area is 155 Å². The molecular weight excluding hydrogens is 328 g/mol. The van der Waals surface area contributed by atoms with Gasteiger partial charge >= 0.3 is 0 Å². The number of hydrogen-bond donors (Lipinski definition) is 2. The minimum absolute atomic E-state index is 0.120. The number of anilines is 2. The Balaban J connectivity index is 1.86. The molecule has 2 N–H and O–H groups in total. The van der Waals surface area contributed by atoms with Crippen LogP contribution in [0.5, 0.6) is 11.5 Å². The standard InChI is InChI=1S/C21H28N2O3/c1-4-12-25-19-10-6-8-17(13-19)22-15-21(24)23-18-9-7-11-20(14-18)26-16(3)5-2/h6-11,13-14,16,22H,4-5,12,15H2,1-3H3,(H,23,24). The van der Waals surface area contributed by atoms with E-state index in [4.69, 9.17) is 9.47 Å². The molecule has 0 aliphatic heterocycles. The van der Waals surface area contributed by atoms with Crippen molar-refractivity contribution in [2.75, 3.05) is 23.8 Å².